The van der Waals surface area contributed by atoms with Gasteiger partial charge in [0.25, 0.3) is 0 Å². The molecule has 114 valence electrons. The summed E-state index contributed by atoms with van der Waals surface area (Å²) in [5, 5.41) is 6.24. The number of carbonyl (C=O) groups is 1. The number of para-hydroxylation sites is 1. The van der Waals surface area contributed by atoms with E-state index >= 15 is 0 Å². The lowest BCUT2D eigenvalue weighted by molar-refractivity contribution is -0.122. The Balaban J connectivity index is 1.62. The van der Waals surface area contributed by atoms with Gasteiger partial charge in [0, 0.05) is 18.8 Å². The molecular weight excluding hydrogens is 288 g/mol. The van der Waals surface area contributed by atoms with Crippen LogP contribution in [0.1, 0.15) is 24.3 Å². The van der Waals surface area contributed by atoms with Gasteiger partial charge in [-0.2, -0.15) is 0 Å². The van der Waals surface area contributed by atoms with Gasteiger partial charge >= 0.3 is 0 Å². The summed E-state index contributed by atoms with van der Waals surface area (Å²) in [6.07, 6.45) is 1.43. The fraction of sp³-hybridized carbons (Fsp3) is 0.533. The second-order valence-electron chi connectivity index (χ2n) is 5.87. The van der Waals surface area contributed by atoms with E-state index in [4.69, 9.17) is 0 Å². The number of benzene rings is 1. The van der Waals surface area contributed by atoms with E-state index in [-0.39, 0.29) is 29.2 Å². The predicted molar refractivity (Wildman–Crippen MR) is 82.1 cm³/mol. The molecule has 2 aliphatic rings. The fourth-order valence-electron chi connectivity index (χ4n) is 3.14. The molecule has 5 nitrogen and oxygen atoms in total. The first-order chi connectivity index (χ1) is 10.1. The van der Waals surface area contributed by atoms with Gasteiger partial charge < -0.3 is 10.6 Å². The van der Waals surface area contributed by atoms with Gasteiger partial charge in [0.05, 0.1) is 17.4 Å². The van der Waals surface area contributed by atoms with Crippen molar-refractivity contribution in [3.8, 4) is 0 Å². The third-order valence-corrected chi connectivity index (χ3v) is 6.13. The summed E-state index contributed by atoms with van der Waals surface area (Å²) in [5.41, 5.74) is 2.05. The van der Waals surface area contributed by atoms with Crippen molar-refractivity contribution >= 4 is 21.4 Å². The van der Waals surface area contributed by atoms with Gasteiger partial charge in [0.2, 0.25) is 5.91 Å². The molecule has 0 aromatic heterocycles. The number of hydrogen-bond donors (Lipinski definition) is 2. The highest BCUT2D eigenvalue weighted by Crippen LogP contribution is 2.31. The minimum atomic E-state index is -2.88. The van der Waals surface area contributed by atoms with E-state index in [1.165, 1.54) is 0 Å². The standard InChI is InChI=1S/C15H20N2O3S/c18-15(17-9-11-6-8-21(19,20)10-11)13-5-7-16-14-4-2-1-3-12(13)14/h1-4,11,13,16H,5-10H2,(H,17,18). The molecule has 2 heterocycles. The largest absolute Gasteiger partial charge is 0.385 e. The lowest BCUT2D eigenvalue weighted by Gasteiger charge is -2.26. The second kappa shape index (κ2) is 5.67. The van der Waals surface area contributed by atoms with E-state index in [1.807, 2.05) is 24.3 Å². The average Bonchev–Trinajstić information content (AvgIpc) is 2.83. The van der Waals surface area contributed by atoms with Crippen LogP contribution < -0.4 is 10.6 Å². The van der Waals surface area contributed by atoms with E-state index in [0.717, 1.165) is 24.2 Å². The molecular formula is C15H20N2O3S. The van der Waals surface area contributed by atoms with Crippen LogP contribution in [0.15, 0.2) is 24.3 Å². The Morgan fingerprint density at radius 1 is 1.29 bits per heavy atom. The van der Waals surface area contributed by atoms with Crippen molar-refractivity contribution in [3.05, 3.63) is 29.8 Å². The zero-order valence-corrected chi connectivity index (χ0v) is 12.7. The van der Waals surface area contributed by atoms with Gasteiger partial charge in [-0.3, -0.25) is 4.79 Å². The molecule has 1 fully saturated rings. The van der Waals surface area contributed by atoms with Crippen LogP contribution in [-0.4, -0.2) is 38.9 Å². The fourth-order valence-corrected chi connectivity index (χ4v) is 5.00. The Morgan fingerprint density at radius 3 is 2.86 bits per heavy atom. The number of rotatable bonds is 3. The van der Waals surface area contributed by atoms with Crippen LogP contribution in [0.25, 0.3) is 0 Å². The number of amides is 1. The van der Waals surface area contributed by atoms with Crippen molar-refractivity contribution in [2.45, 2.75) is 18.8 Å². The Hall–Kier alpha value is -1.56. The molecule has 1 saturated heterocycles. The van der Waals surface area contributed by atoms with E-state index < -0.39 is 9.84 Å². The average molecular weight is 308 g/mol. The highest BCUT2D eigenvalue weighted by Gasteiger charge is 2.30. The number of nitrogens with one attached hydrogen (secondary N) is 2. The molecule has 0 spiro atoms. The third-order valence-electron chi connectivity index (χ3n) is 4.29. The quantitative estimate of drug-likeness (QED) is 0.878. The lowest BCUT2D eigenvalue weighted by Crippen LogP contribution is -2.36. The molecule has 3 rings (SSSR count). The first kappa shape index (κ1) is 14.4. The van der Waals surface area contributed by atoms with Gasteiger partial charge in [-0.1, -0.05) is 18.2 Å². The number of anilines is 1. The van der Waals surface area contributed by atoms with Crippen LogP contribution in [0.5, 0.6) is 0 Å². The molecule has 2 N–H and O–H groups in total. The maximum atomic E-state index is 12.4. The summed E-state index contributed by atoms with van der Waals surface area (Å²) >= 11 is 0. The van der Waals surface area contributed by atoms with Crippen LogP contribution >= 0.6 is 0 Å². The number of sulfone groups is 1. The molecule has 0 bridgehead atoms. The molecule has 1 aromatic carbocycles. The Kier molecular flexibility index (Phi) is 3.89. The number of carbonyl (C=O) groups excluding carboxylic acids is 1. The molecule has 2 unspecified atom stereocenters. The summed E-state index contributed by atoms with van der Waals surface area (Å²) in [6, 6.07) is 7.86. The Morgan fingerprint density at radius 2 is 2.10 bits per heavy atom. The molecule has 6 heteroatoms. The van der Waals surface area contributed by atoms with Gasteiger partial charge in [0.1, 0.15) is 0 Å². The summed E-state index contributed by atoms with van der Waals surface area (Å²) in [5.74, 6) is 0.393. The molecule has 1 aromatic rings. The van der Waals surface area contributed by atoms with Gasteiger partial charge in [0.15, 0.2) is 9.84 Å². The molecule has 2 aliphatic heterocycles. The molecule has 0 aliphatic carbocycles. The van der Waals surface area contributed by atoms with E-state index in [1.54, 1.807) is 0 Å². The molecule has 2 atom stereocenters. The molecule has 1 amide bonds. The zero-order valence-electron chi connectivity index (χ0n) is 11.8. The van der Waals surface area contributed by atoms with Crippen LogP contribution in [0, 0.1) is 5.92 Å². The van der Waals surface area contributed by atoms with Crippen LogP contribution in [0.3, 0.4) is 0 Å². The van der Waals surface area contributed by atoms with Crippen molar-refractivity contribution < 1.29 is 13.2 Å². The number of hydrogen-bond acceptors (Lipinski definition) is 4. The minimum Gasteiger partial charge on any atom is -0.385 e. The second-order valence-corrected chi connectivity index (χ2v) is 8.10. The van der Waals surface area contributed by atoms with Crippen LogP contribution in [0.2, 0.25) is 0 Å². The Bertz CT molecular complexity index is 642. The SMILES string of the molecule is O=C(NCC1CCS(=O)(=O)C1)C1CCNc2ccccc21. The highest BCUT2D eigenvalue weighted by atomic mass is 32.2. The van der Waals surface area contributed by atoms with Crippen LogP contribution in [-0.2, 0) is 14.6 Å². The first-order valence-corrected chi connectivity index (χ1v) is 9.18. The summed E-state index contributed by atoms with van der Waals surface area (Å²) < 4.78 is 22.9. The summed E-state index contributed by atoms with van der Waals surface area (Å²) in [4.78, 5) is 12.4. The smallest absolute Gasteiger partial charge is 0.227 e. The predicted octanol–water partition coefficient (Wildman–Crippen LogP) is 1.14. The first-order valence-electron chi connectivity index (χ1n) is 7.36. The highest BCUT2D eigenvalue weighted by molar-refractivity contribution is 7.91. The van der Waals surface area contributed by atoms with Crippen molar-refractivity contribution in [2.24, 2.45) is 5.92 Å². The lowest BCUT2D eigenvalue weighted by atomic mass is 9.90. The van der Waals surface area contributed by atoms with Crippen molar-refractivity contribution in [1.29, 1.82) is 0 Å². The topological polar surface area (TPSA) is 75.3 Å². The van der Waals surface area contributed by atoms with Gasteiger partial charge in [-0.05, 0) is 30.4 Å². The van der Waals surface area contributed by atoms with Crippen molar-refractivity contribution in [2.75, 3.05) is 29.9 Å². The van der Waals surface area contributed by atoms with Crippen molar-refractivity contribution in [3.63, 3.8) is 0 Å². The normalized spacial score (nSPS) is 26.7. The van der Waals surface area contributed by atoms with E-state index in [9.17, 15) is 13.2 Å². The van der Waals surface area contributed by atoms with Gasteiger partial charge in [-0.15, -0.1) is 0 Å². The third kappa shape index (κ3) is 3.20. The zero-order chi connectivity index (χ0) is 14.9. The Labute approximate surface area is 125 Å². The van der Waals surface area contributed by atoms with E-state index in [2.05, 4.69) is 10.6 Å². The van der Waals surface area contributed by atoms with Crippen molar-refractivity contribution in [1.82, 2.24) is 5.32 Å². The van der Waals surface area contributed by atoms with Gasteiger partial charge in [-0.25, -0.2) is 8.42 Å². The maximum Gasteiger partial charge on any atom is 0.227 e. The molecule has 21 heavy (non-hydrogen) atoms. The summed E-state index contributed by atoms with van der Waals surface area (Å²) in [7, 11) is -2.88. The molecule has 0 saturated carbocycles. The minimum absolute atomic E-state index is 0.00764. The van der Waals surface area contributed by atoms with E-state index in [0.29, 0.717) is 13.0 Å². The van der Waals surface area contributed by atoms with Crippen LogP contribution in [0.4, 0.5) is 5.69 Å². The monoisotopic (exact) mass is 308 g/mol. The summed E-state index contributed by atoms with van der Waals surface area (Å²) in [6.45, 7) is 1.25. The number of fused-ring (bicyclic) bond motifs is 1. The molecule has 0 radical (unpaired) electrons. The maximum absolute atomic E-state index is 12.4.